The highest BCUT2D eigenvalue weighted by molar-refractivity contribution is 9.10. The Morgan fingerprint density at radius 2 is 2.15 bits per heavy atom. The minimum absolute atomic E-state index is 0.576. The second-order valence-electron chi connectivity index (χ2n) is 4.67. The van der Waals surface area contributed by atoms with Gasteiger partial charge in [0.05, 0.1) is 26.0 Å². The zero-order valence-corrected chi connectivity index (χ0v) is 13.3. The SMILES string of the molecule is CCCNCc1occc1COCc1cccc(Br)c1. The molecule has 2 aromatic rings. The molecule has 0 amide bonds. The van der Waals surface area contributed by atoms with Crippen LogP contribution in [0.4, 0.5) is 0 Å². The molecule has 0 spiro atoms. The molecular weight excluding hydrogens is 318 g/mol. The smallest absolute Gasteiger partial charge is 0.123 e. The Morgan fingerprint density at radius 1 is 1.25 bits per heavy atom. The van der Waals surface area contributed by atoms with Gasteiger partial charge in [-0.2, -0.15) is 0 Å². The van der Waals surface area contributed by atoms with Crippen LogP contribution in [0.1, 0.15) is 30.2 Å². The Balaban J connectivity index is 1.80. The molecule has 0 aliphatic heterocycles. The monoisotopic (exact) mass is 337 g/mol. The molecule has 0 saturated carbocycles. The number of benzene rings is 1. The maximum Gasteiger partial charge on any atom is 0.123 e. The average Bonchev–Trinajstić information content (AvgIpc) is 2.87. The maximum atomic E-state index is 5.76. The Hall–Kier alpha value is -1.10. The molecule has 1 aromatic carbocycles. The molecule has 0 saturated heterocycles. The topological polar surface area (TPSA) is 34.4 Å². The van der Waals surface area contributed by atoms with E-state index in [2.05, 4.69) is 40.3 Å². The standard InChI is InChI=1S/C16H20BrNO2/c1-2-7-18-10-16-14(6-8-20-16)12-19-11-13-4-3-5-15(17)9-13/h3-6,8-9,18H,2,7,10-12H2,1H3. The van der Waals surface area contributed by atoms with Gasteiger partial charge in [0.1, 0.15) is 5.76 Å². The van der Waals surface area contributed by atoms with Gasteiger partial charge in [-0.15, -0.1) is 0 Å². The number of furan rings is 1. The molecule has 0 bridgehead atoms. The van der Waals surface area contributed by atoms with E-state index in [1.165, 1.54) is 0 Å². The maximum absolute atomic E-state index is 5.76. The third-order valence-electron chi connectivity index (χ3n) is 2.97. The summed E-state index contributed by atoms with van der Waals surface area (Å²) in [5, 5.41) is 3.34. The first-order chi connectivity index (χ1) is 9.79. The summed E-state index contributed by atoms with van der Waals surface area (Å²) in [6, 6.07) is 10.1. The molecule has 2 rings (SSSR count). The highest BCUT2D eigenvalue weighted by Gasteiger charge is 2.06. The summed E-state index contributed by atoms with van der Waals surface area (Å²) in [7, 11) is 0. The van der Waals surface area contributed by atoms with Crippen LogP contribution in [0.2, 0.25) is 0 Å². The lowest BCUT2D eigenvalue weighted by atomic mass is 10.2. The summed E-state index contributed by atoms with van der Waals surface area (Å²) in [5.41, 5.74) is 2.28. The first-order valence-corrected chi connectivity index (χ1v) is 7.67. The van der Waals surface area contributed by atoms with E-state index >= 15 is 0 Å². The zero-order chi connectivity index (χ0) is 14.2. The van der Waals surface area contributed by atoms with Gasteiger partial charge >= 0.3 is 0 Å². The highest BCUT2D eigenvalue weighted by atomic mass is 79.9. The fraction of sp³-hybridized carbons (Fsp3) is 0.375. The van der Waals surface area contributed by atoms with Gasteiger partial charge in [0.2, 0.25) is 0 Å². The van der Waals surface area contributed by atoms with E-state index in [1.54, 1.807) is 6.26 Å². The van der Waals surface area contributed by atoms with Crippen LogP contribution in [0.3, 0.4) is 0 Å². The predicted octanol–water partition coefficient (Wildman–Crippen LogP) is 4.26. The van der Waals surface area contributed by atoms with Crippen molar-refractivity contribution >= 4 is 15.9 Å². The third-order valence-corrected chi connectivity index (χ3v) is 3.46. The van der Waals surface area contributed by atoms with E-state index in [0.29, 0.717) is 13.2 Å². The largest absolute Gasteiger partial charge is 0.468 e. The van der Waals surface area contributed by atoms with Crippen LogP contribution >= 0.6 is 15.9 Å². The Kier molecular flexibility index (Phi) is 6.30. The lowest BCUT2D eigenvalue weighted by Gasteiger charge is -2.06. The quantitative estimate of drug-likeness (QED) is 0.731. The summed E-state index contributed by atoms with van der Waals surface area (Å²) in [5.74, 6) is 0.965. The van der Waals surface area contributed by atoms with Gasteiger partial charge in [0, 0.05) is 10.0 Å². The van der Waals surface area contributed by atoms with Crippen molar-refractivity contribution in [3.63, 3.8) is 0 Å². The average molecular weight is 338 g/mol. The van der Waals surface area contributed by atoms with Crippen LogP contribution in [0, 0.1) is 0 Å². The van der Waals surface area contributed by atoms with Gasteiger partial charge in [-0.25, -0.2) is 0 Å². The minimum Gasteiger partial charge on any atom is -0.468 e. The van der Waals surface area contributed by atoms with Gasteiger partial charge in [-0.05, 0) is 36.7 Å². The zero-order valence-electron chi connectivity index (χ0n) is 11.7. The van der Waals surface area contributed by atoms with Crippen molar-refractivity contribution in [1.29, 1.82) is 0 Å². The minimum atomic E-state index is 0.576. The number of rotatable bonds is 8. The summed E-state index contributed by atoms with van der Waals surface area (Å²) < 4.78 is 12.3. The van der Waals surface area contributed by atoms with Gasteiger partial charge in [-0.3, -0.25) is 0 Å². The Morgan fingerprint density at radius 3 is 2.95 bits per heavy atom. The van der Waals surface area contributed by atoms with E-state index < -0.39 is 0 Å². The Labute approximate surface area is 128 Å². The number of hydrogen-bond donors (Lipinski definition) is 1. The second kappa shape index (κ2) is 8.25. The molecule has 1 aromatic heterocycles. The van der Waals surface area contributed by atoms with Crippen LogP contribution in [-0.4, -0.2) is 6.54 Å². The molecule has 0 unspecified atom stereocenters. The second-order valence-corrected chi connectivity index (χ2v) is 5.58. The van der Waals surface area contributed by atoms with Crippen molar-refractivity contribution in [3.05, 3.63) is 58.0 Å². The fourth-order valence-electron chi connectivity index (χ4n) is 1.94. The third kappa shape index (κ3) is 4.78. The van der Waals surface area contributed by atoms with Crippen LogP contribution in [0.5, 0.6) is 0 Å². The van der Waals surface area contributed by atoms with Gasteiger partial charge < -0.3 is 14.5 Å². The molecular formula is C16H20BrNO2. The molecule has 0 aliphatic carbocycles. The van der Waals surface area contributed by atoms with E-state index in [-0.39, 0.29) is 0 Å². The van der Waals surface area contributed by atoms with Crippen molar-refractivity contribution in [2.45, 2.75) is 33.1 Å². The van der Waals surface area contributed by atoms with Crippen molar-refractivity contribution in [2.75, 3.05) is 6.54 Å². The molecule has 0 aliphatic rings. The fourth-order valence-corrected chi connectivity index (χ4v) is 2.38. The van der Waals surface area contributed by atoms with Crippen molar-refractivity contribution in [1.82, 2.24) is 5.32 Å². The van der Waals surface area contributed by atoms with Crippen molar-refractivity contribution in [2.24, 2.45) is 0 Å². The molecule has 1 heterocycles. The van der Waals surface area contributed by atoms with Gasteiger partial charge in [0.25, 0.3) is 0 Å². The van der Waals surface area contributed by atoms with Gasteiger partial charge in [-0.1, -0.05) is 35.0 Å². The van der Waals surface area contributed by atoms with E-state index in [0.717, 1.165) is 40.9 Å². The lowest BCUT2D eigenvalue weighted by molar-refractivity contribution is 0.106. The molecule has 20 heavy (non-hydrogen) atoms. The number of ether oxygens (including phenoxy) is 1. The Bertz CT molecular complexity index is 525. The summed E-state index contributed by atoms with van der Waals surface area (Å²) in [4.78, 5) is 0. The first-order valence-electron chi connectivity index (χ1n) is 6.87. The molecule has 0 atom stereocenters. The van der Waals surface area contributed by atoms with Crippen molar-refractivity contribution < 1.29 is 9.15 Å². The first kappa shape index (κ1) is 15.3. The van der Waals surface area contributed by atoms with E-state index in [9.17, 15) is 0 Å². The van der Waals surface area contributed by atoms with E-state index in [1.807, 2.05) is 18.2 Å². The normalized spacial score (nSPS) is 10.9. The van der Waals surface area contributed by atoms with E-state index in [4.69, 9.17) is 9.15 Å². The molecule has 0 radical (unpaired) electrons. The van der Waals surface area contributed by atoms with Crippen LogP contribution in [-0.2, 0) is 24.5 Å². The molecule has 108 valence electrons. The molecule has 1 N–H and O–H groups in total. The molecule has 3 nitrogen and oxygen atoms in total. The number of hydrogen-bond acceptors (Lipinski definition) is 3. The predicted molar refractivity (Wildman–Crippen MR) is 83.3 cm³/mol. The summed E-state index contributed by atoms with van der Waals surface area (Å²) in [6.45, 7) is 5.09. The molecule has 0 fully saturated rings. The molecule has 4 heteroatoms. The number of halogens is 1. The summed E-state index contributed by atoms with van der Waals surface area (Å²) in [6.07, 6.45) is 2.84. The van der Waals surface area contributed by atoms with Crippen molar-refractivity contribution in [3.8, 4) is 0 Å². The van der Waals surface area contributed by atoms with Crippen LogP contribution in [0.25, 0.3) is 0 Å². The van der Waals surface area contributed by atoms with Gasteiger partial charge in [0.15, 0.2) is 0 Å². The van der Waals surface area contributed by atoms with Crippen LogP contribution in [0.15, 0.2) is 45.5 Å². The summed E-state index contributed by atoms with van der Waals surface area (Å²) >= 11 is 3.46. The van der Waals surface area contributed by atoms with Crippen LogP contribution < -0.4 is 5.32 Å². The highest BCUT2D eigenvalue weighted by Crippen LogP contribution is 2.15. The lowest BCUT2D eigenvalue weighted by Crippen LogP contribution is -2.14. The number of nitrogens with one attached hydrogen (secondary N) is 1.